The van der Waals surface area contributed by atoms with Crippen molar-refractivity contribution in [2.75, 3.05) is 18.6 Å². The first-order chi connectivity index (χ1) is 7.69. The molecule has 0 heterocycles. The molecular weight excluding hydrogens is 230 g/mol. The number of nitro benzene ring substituents is 1. The minimum Gasteiger partial charge on any atom is -0.492 e. The Morgan fingerprint density at radius 2 is 2.31 bits per heavy atom. The van der Waals surface area contributed by atoms with Gasteiger partial charge in [-0.05, 0) is 12.3 Å². The van der Waals surface area contributed by atoms with Crippen LogP contribution >= 0.6 is 11.8 Å². The summed E-state index contributed by atoms with van der Waals surface area (Å²) in [6.45, 7) is 0.252. The van der Waals surface area contributed by atoms with E-state index in [0.717, 1.165) is 5.75 Å². The van der Waals surface area contributed by atoms with Gasteiger partial charge in [0.05, 0.1) is 18.1 Å². The standard InChI is InChI=1S/C10H13NO4S/c1-16-5-4-15-10-3-2-9(11(13)14)6-8(10)7-12/h2-3,6,12H,4-5,7H2,1H3. The summed E-state index contributed by atoms with van der Waals surface area (Å²) in [7, 11) is 0. The van der Waals surface area contributed by atoms with Crippen LogP contribution in [0.1, 0.15) is 5.56 Å². The van der Waals surface area contributed by atoms with Crippen LogP contribution in [0.25, 0.3) is 0 Å². The molecule has 0 atom stereocenters. The number of benzene rings is 1. The van der Waals surface area contributed by atoms with E-state index in [2.05, 4.69) is 0 Å². The molecule has 0 aliphatic carbocycles. The third-order valence-corrected chi connectivity index (χ3v) is 2.55. The number of aliphatic hydroxyl groups excluding tert-OH is 1. The number of ether oxygens (including phenoxy) is 1. The molecule has 0 amide bonds. The van der Waals surface area contributed by atoms with Crippen LogP contribution in [-0.4, -0.2) is 28.6 Å². The highest BCUT2D eigenvalue weighted by Crippen LogP contribution is 2.24. The molecule has 0 saturated heterocycles. The summed E-state index contributed by atoms with van der Waals surface area (Å²) < 4.78 is 5.40. The lowest BCUT2D eigenvalue weighted by Gasteiger charge is -2.08. The molecule has 1 aromatic carbocycles. The van der Waals surface area contributed by atoms with Gasteiger partial charge in [-0.3, -0.25) is 10.1 Å². The second kappa shape index (κ2) is 6.34. The van der Waals surface area contributed by atoms with Gasteiger partial charge < -0.3 is 9.84 Å². The van der Waals surface area contributed by atoms with Crippen LogP contribution < -0.4 is 4.74 Å². The first-order valence-corrected chi connectivity index (χ1v) is 6.08. The van der Waals surface area contributed by atoms with E-state index in [1.54, 1.807) is 11.8 Å². The Kier molecular flexibility index (Phi) is 5.07. The van der Waals surface area contributed by atoms with Crippen molar-refractivity contribution in [3.63, 3.8) is 0 Å². The number of nitro groups is 1. The highest BCUT2D eigenvalue weighted by Gasteiger charge is 2.10. The highest BCUT2D eigenvalue weighted by atomic mass is 32.2. The van der Waals surface area contributed by atoms with Gasteiger partial charge in [-0.15, -0.1) is 0 Å². The molecule has 0 aliphatic rings. The minimum absolute atomic E-state index is 0.0405. The number of hydrogen-bond donors (Lipinski definition) is 1. The summed E-state index contributed by atoms with van der Waals surface area (Å²) in [5, 5.41) is 19.6. The molecule has 0 aliphatic heterocycles. The van der Waals surface area contributed by atoms with E-state index in [1.807, 2.05) is 6.26 Å². The second-order valence-corrected chi connectivity index (χ2v) is 4.03. The van der Waals surface area contributed by atoms with Crippen LogP contribution in [0, 0.1) is 10.1 Å². The largest absolute Gasteiger partial charge is 0.492 e. The first kappa shape index (κ1) is 12.8. The smallest absolute Gasteiger partial charge is 0.270 e. The van der Waals surface area contributed by atoms with Gasteiger partial charge >= 0.3 is 0 Å². The molecule has 0 spiro atoms. The number of thioether (sulfide) groups is 1. The fourth-order valence-corrected chi connectivity index (χ4v) is 1.43. The van der Waals surface area contributed by atoms with Crippen molar-refractivity contribution in [1.82, 2.24) is 0 Å². The highest BCUT2D eigenvalue weighted by molar-refractivity contribution is 7.98. The van der Waals surface area contributed by atoms with Crippen LogP contribution in [0.2, 0.25) is 0 Å². The quantitative estimate of drug-likeness (QED) is 0.469. The van der Waals surface area contributed by atoms with E-state index in [-0.39, 0.29) is 12.3 Å². The van der Waals surface area contributed by atoms with E-state index < -0.39 is 4.92 Å². The third-order valence-electron chi connectivity index (χ3n) is 1.97. The Bertz CT molecular complexity index is 370. The zero-order valence-corrected chi connectivity index (χ0v) is 9.70. The molecule has 1 rings (SSSR count). The second-order valence-electron chi connectivity index (χ2n) is 3.05. The Hall–Kier alpha value is -1.27. The van der Waals surface area contributed by atoms with E-state index in [1.165, 1.54) is 18.2 Å². The molecular formula is C10H13NO4S. The van der Waals surface area contributed by atoms with Gasteiger partial charge in [0.1, 0.15) is 5.75 Å². The van der Waals surface area contributed by atoms with Gasteiger partial charge in [0.15, 0.2) is 0 Å². The molecule has 5 nitrogen and oxygen atoms in total. The molecule has 0 fully saturated rings. The zero-order chi connectivity index (χ0) is 12.0. The van der Waals surface area contributed by atoms with Crippen molar-refractivity contribution >= 4 is 17.4 Å². The van der Waals surface area contributed by atoms with Crippen LogP contribution in [0.15, 0.2) is 18.2 Å². The summed E-state index contributed by atoms with van der Waals surface area (Å²) >= 11 is 1.65. The molecule has 6 heteroatoms. The first-order valence-electron chi connectivity index (χ1n) is 4.69. The van der Waals surface area contributed by atoms with Crippen LogP contribution in [0.5, 0.6) is 5.75 Å². The third kappa shape index (κ3) is 3.39. The van der Waals surface area contributed by atoms with Crippen LogP contribution in [0.3, 0.4) is 0 Å². The maximum absolute atomic E-state index is 10.5. The lowest BCUT2D eigenvalue weighted by atomic mass is 10.2. The van der Waals surface area contributed by atoms with Crippen LogP contribution in [-0.2, 0) is 6.61 Å². The maximum atomic E-state index is 10.5. The Labute approximate surface area is 97.6 Å². The fraction of sp³-hybridized carbons (Fsp3) is 0.400. The van der Waals surface area contributed by atoms with E-state index in [0.29, 0.717) is 17.9 Å². The van der Waals surface area contributed by atoms with Crippen molar-refractivity contribution in [3.8, 4) is 5.75 Å². The van der Waals surface area contributed by atoms with Gasteiger partial charge in [-0.25, -0.2) is 0 Å². The molecule has 0 bridgehead atoms. The molecule has 0 saturated carbocycles. The average Bonchev–Trinajstić information content (AvgIpc) is 2.29. The number of non-ortho nitro benzene ring substituents is 1. The van der Waals surface area contributed by atoms with Gasteiger partial charge in [-0.2, -0.15) is 11.8 Å². The predicted octanol–water partition coefficient (Wildman–Crippen LogP) is 1.83. The van der Waals surface area contributed by atoms with Crippen molar-refractivity contribution in [3.05, 3.63) is 33.9 Å². The summed E-state index contributed by atoms with van der Waals surface area (Å²) in [6, 6.07) is 4.21. The summed E-state index contributed by atoms with van der Waals surface area (Å²) in [4.78, 5) is 10.0. The predicted molar refractivity (Wildman–Crippen MR) is 62.9 cm³/mol. The molecule has 1 aromatic rings. The SMILES string of the molecule is CSCCOc1ccc([N+](=O)[O-])cc1CO. The summed E-state index contributed by atoms with van der Waals surface area (Å²) in [5.41, 5.74) is 0.400. The molecule has 0 unspecified atom stereocenters. The Balaban J connectivity index is 2.80. The Morgan fingerprint density at radius 1 is 1.56 bits per heavy atom. The monoisotopic (exact) mass is 243 g/mol. The summed E-state index contributed by atoms with van der Waals surface area (Å²) in [5.74, 6) is 1.34. The Morgan fingerprint density at radius 3 is 2.88 bits per heavy atom. The molecule has 88 valence electrons. The van der Waals surface area contributed by atoms with E-state index in [9.17, 15) is 10.1 Å². The molecule has 16 heavy (non-hydrogen) atoms. The molecule has 1 N–H and O–H groups in total. The lowest BCUT2D eigenvalue weighted by molar-refractivity contribution is -0.385. The molecule has 0 aromatic heterocycles. The topological polar surface area (TPSA) is 72.6 Å². The van der Waals surface area contributed by atoms with Crippen LogP contribution in [0.4, 0.5) is 5.69 Å². The van der Waals surface area contributed by atoms with Crippen molar-refractivity contribution in [1.29, 1.82) is 0 Å². The van der Waals surface area contributed by atoms with Crippen molar-refractivity contribution in [2.45, 2.75) is 6.61 Å². The van der Waals surface area contributed by atoms with Gasteiger partial charge in [0, 0.05) is 23.4 Å². The number of hydrogen-bond acceptors (Lipinski definition) is 5. The minimum atomic E-state index is -0.495. The zero-order valence-electron chi connectivity index (χ0n) is 8.88. The number of aliphatic hydroxyl groups is 1. The normalized spacial score (nSPS) is 10.1. The van der Waals surface area contributed by atoms with Crippen molar-refractivity contribution in [2.24, 2.45) is 0 Å². The van der Waals surface area contributed by atoms with Gasteiger partial charge in [0.25, 0.3) is 5.69 Å². The molecule has 0 radical (unpaired) electrons. The average molecular weight is 243 g/mol. The van der Waals surface area contributed by atoms with E-state index in [4.69, 9.17) is 9.84 Å². The maximum Gasteiger partial charge on any atom is 0.270 e. The number of rotatable bonds is 6. The lowest BCUT2D eigenvalue weighted by Crippen LogP contribution is -2.03. The number of nitrogens with zero attached hydrogens (tertiary/aromatic N) is 1. The van der Waals surface area contributed by atoms with Crippen molar-refractivity contribution < 1.29 is 14.8 Å². The summed E-state index contributed by atoms with van der Waals surface area (Å²) in [6.07, 6.45) is 1.96. The van der Waals surface area contributed by atoms with E-state index >= 15 is 0 Å². The fourth-order valence-electron chi connectivity index (χ4n) is 1.18. The van der Waals surface area contributed by atoms with Gasteiger partial charge in [0.2, 0.25) is 0 Å². The van der Waals surface area contributed by atoms with Gasteiger partial charge in [-0.1, -0.05) is 0 Å².